The van der Waals surface area contributed by atoms with Gasteiger partial charge in [0, 0.05) is 6.54 Å². The van der Waals surface area contributed by atoms with Gasteiger partial charge in [0.2, 0.25) is 0 Å². The predicted octanol–water partition coefficient (Wildman–Crippen LogP) is 2.16. The minimum absolute atomic E-state index is 0.0705. The highest BCUT2D eigenvalue weighted by Gasteiger charge is 2.19. The summed E-state index contributed by atoms with van der Waals surface area (Å²) in [7, 11) is 1.13. The summed E-state index contributed by atoms with van der Waals surface area (Å²) in [5.41, 5.74) is -0.323. The fourth-order valence-corrected chi connectivity index (χ4v) is 2.33. The van der Waals surface area contributed by atoms with Crippen LogP contribution < -0.4 is 10.6 Å². The Hall–Kier alpha value is -1.69. The molecule has 1 aliphatic heterocycles. The van der Waals surface area contributed by atoms with Crippen molar-refractivity contribution in [3.8, 4) is 0 Å². The van der Waals surface area contributed by atoms with E-state index in [1.807, 2.05) is 0 Å². The number of nitrogens with one attached hydrogen (secondary N) is 2. The van der Waals surface area contributed by atoms with E-state index in [4.69, 9.17) is 0 Å². The van der Waals surface area contributed by atoms with Crippen molar-refractivity contribution < 1.29 is 18.3 Å². The maximum Gasteiger partial charge on any atom is 0.340 e. The lowest BCUT2D eigenvalue weighted by atomic mass is 10.1. The number of methoxy groups -OCH3 is 1. The molecule has 1 aromatic rings. The summed E-state index contributed by atoms with van der Waals surface area (Å²) in [6, 6.07) is 2.58. The number of halogens is 2. The third-order valence-electron chi connectivity index (χ3n) is 3.52. The van der Waals surface area contributed by atoms with Gasteiger partial charge < -0.3 is 15.4 Å². The summed E-state index contributed by atoms with van der Waals surface area (Å²) in [4.78, 5) is 11.2. The average Bonchev–Trinajstić information content (AvgIpc) is 2.96. The molecular formula is C14H18F2N2O2. The third-order valence-corrected chi connectivity index (χ3v) is 3.52. The first-order chi connectivity index (χ1) is 9.63. The largest absolute Gasteiger partial charge is 0.465 e. The summed E-state index contributed by atoms with van der Waals surface area (Å²) in [5, 5.41) is 6.12. The minimum Gasteiger partial charge on any atom is -0.465 e. The van der Waals surface area contributed by atoms with E-state index in [9.17, 15) is 13.6 Å². The molecule has 0 aliphatic carbocycles. The molecule has 20 heavy (non-hydrogen) atoms. The van der Waals surface area contributed by atoms with E-state index in [0.29, 0.717) is 12.5 Å². The molecule has 1 atom stereocenters. The third kappa shape index (κ3) is 3.25. The highest BCUT2D eigenvalue weighted by molar-refractivity contribution is 5.90. The lowest BCUT2D eigenvalue weighted by molar-refractivity contribution is 0.0594. The number of benzene rings is 1. The normalized spacial score (nSPS) is 18.1. The Balaban J connectivity index is 1.98. The van der Waals surface area contributed by atoms with Crippen molar-refractivity contribution in [1.82, 2.24) is 5.32 Å². The van der Waals surface area contributed by atoms with Crippen molar-refractivity contribution in [2.24, 2.45) is 5.92 Å². The van der Waals surface area contributed by atoms with Crippen LogP contribution in [0.15, 0.2) is 12.1 Å². The Morgan fingerprint density at radius 1 is 1.45 bits per heavy atom. The minimum atomic E-state index is -1.18. The highest BCUT2D eigenvalue weighted by Crippen LogP contribution is 2.22. The van der Waals surface area contributed by atoms with Gasteiger partial charge in [0.05, 0.1) is 18.4 Å². The number of rotatable bonds is 5. The van der Waals surface area contributed by atoms with Crippen molar-refractivity contribution in [3.05, 3.63) is 29.3 Å². The molecule has 4 nitrogen and oxygen atoms in total. The zero-order chi connectivity index (χ0) is 14.5. The van der Waals surface area contributed by atoms with Crippen LogP contribution in [0.25, 0.3) is 0 Å². The van der Waals surface area contributed by atoms with Gasteiger partial charge in [-0.2, -0.15) is 0 Å². The summed E-state index contributed by atoms with van der Waals surface area (Å²) in [6.07, 6.45) is 2.01. The first-order valence-electron chi connectivity index (χ1n) is 6.64. The van der Waals surface area contributed by atoms with Crippen molar-refractivity contribution in [2.75, 3.05) is 32.1 Å². The number of esters is 1. The van der Waals surface area contributed by atoms with Crippen molar-refractivity contribution in [3.63, 3.8) is 0 Å². The van der Waals surface area contributed by atoms with Crippen LogP contribution in [0.1, 0.15) is 23.2 Å². The zero-order valence-corrected chi connectivity index (χ0v) is 11.3. The smallest absolute Gasteiger partial charge is 0.340 e. The number of carbonyl (C=O) groups is 1. The van der Waals surface area contributed by atoms with Crippen molar-refractivity contribution in [1.29, 1.82) is 0 Å². The topological polar surface area (TPSA) is 50.4 Å². The monoisotopic (exact) mass is 284 g/mol. The van der Waals surface area contributed by atoms with Gasteiger partial charge in [-0.15, -0.1) is 0 Å². The molecule has 1 unspecified atom stereocenters. The second kappa shape index (κ2) is 6.65. The molecule has 2 N–H and O–H groups in total. The summed E-state index contributed by atoms with van der Waals surface area (Å²) in [6.45, 7) is 2.56. The Labute approximate surface area is 116 Å². The molecule has 0 aromatic heterocycles. The maximum atomic E-state index is 13.8. The second-order valence-corrected chi connectivity index (χ2v) is 4.85. The maximum absolute atomic E-state index is 13.8. The number of hydrogen-bond donors (Lipinski definition) is 2. The van der Waals surface area contributed by atoms with Gasteiger partial charge >= 0.3 is 5.97 Å². The number of hydrogen-bond acceptors (Lipinski definition) is 4. The van der Waals surface area contributed by atoms with E-state index in [2.05, 4.69) is 15.4 Å². The summed E-state index contributed by atoms with van der Waals surface area (Å²) >= 11 is 0. The number of anilines is 1. The number of ether oxygens (including phenoxy) is 1. The van der Waals surface area contributed by atoms with Crippen LogP contribution in [0.5, 0.6) is 0 Å². The van der Waals surface area contributed by atoms with Crippen LogP contribution in [0.4, 0.5) is 14.5 Å². The Morgan fingerprint density at radius 2 is 2.25 bits per heavy atom. The highest BCUT2D eigenvalue weighted by atomic mass is 19.2. The van der Waals surface area contributed by atoms with Crippen molar-refractivity contribution in [2.45, 2.75) is 12.8 Å². The molecule has 1 aliphatic rings. The molecule has 110 valence electrons. The molecule has 1 heterocycles. The first kappa shape index (κ1) is 14.7. The van der Waals surface area contributed by atoms with Crippen LogP contribution >= 0.6 is 0 Å². The molecule has 1 aromatic carbocycles. The van der Waals surface area contributed by atoms with Gasteiger partial charge in [-0.05, 0) is 44.0 Å². The molecule has 0 bridgehead atoms. The van der Waals surface area contributed by atoms with Crippen LogP contribution in [0, 0.1) is 17.6 Å². The number of carbonyl (C=O) groups excluding carboxylic acids is 1. The van der Waals surface area contributed by atoms with E-state index in [1.165, 1.54) is 12.1 Å². The quantitative estimate of drug-likeness (QED) is 0.814. The van der Waals surface area contributed by atoms with E-state index >= 15 is 0 Å². The van der Waals surface area contributed by atoms with Crippen LogP contribution in [0.2, 0.25) is 0 Å². The fourth-order valence-electron chi connectivity index (χ4n) is 2.33. The van der Waals surface area contributed by atoms with Gasteiger partial charge in [-0.25, -0.2) is 13.6 Å². The van der Waals surface area contributed by atoms with E-state index in [1.54, 1.807) is 0 Å². The first-order valence-corrected chi connectivity index (χ1v) is 6.64. The Morgan fingerprint density at radius 3 is 2.90 bits per heavy atom. The molecule has 0 spiro atoms. The Kier molecular flexibility index (Phi) is 4.89. The SMILES string of the molecule is COC(=O)c1ccc(NCCC2CCNC2)c(F)c1F. The standard InChI is InChI=1S/C14H18F2N2O2/c1-20-14(19)10-2-3-11(13(16)12(10)15)18-7-5-9-4-6-17-8-9/h2-3,9,17-18H,4-8H2,1H3. The van der Waals surface area contributed by atoms with Crippen LogP contribution in [-0.4, -0.2) is 32.7 Å². The van der Waals surface area contributed by atoms with E-state index < -0.39 is 23.2 Å². The van der Waals surface area contributed by atoms with Crippen LogP contribution in [-0.2, 0) is 4.74 Å². The second-order valence-electron chi connectivity index (χ2n) is 4.85. The van der Waals surface area contributed by atoms with E-state index in [0.717, 1.165) is 33.0 Å². The molecule has 1 saturated heterocycles. The molecule has 0 amide bonds. The van der Waals surface area contributed by atoms with E-state index in [-0.39, 0.29) is 5.69 Å². The molecular weight excluding hydrogens is 266 g/mol. The van der Waals surface area contributed by atoms with Gasteiger partial charge in [0.25, 0.3) is 0 Å². The fraction of sp³-hybridized carbons (Fsp3) is 0.500. The molecule has 1 fully saturated rings. The summed E-state index contributed by atoms with van der Waals surface area (Å²) in [5.74, 6) is -2.53. The average molecular weight is 284 g/mol. The van der Waals surface area contributed by atoms with Crippen molar-refractivity contribution >= 4 is 11.7 Å². The van der Waals surface area contributed by atoms with Crippen LogP contribution in [0.3, 0.4) is 0 Å². The lowest BCUT2D eigenvalue weighted by Crippen LogP contribution is -2.14. The van der Waals surface area contributed by atoms with Gasteiger partial charge in [-0.1, -0.05) is 0 Å². The van der Waals surface area contributed by atoms with Gasteiger partial charge in [0.1, 0.15) is 0 Å². The Bertz CT molecular complexity index is 488. The predicted molar refractivity (Wildman–Crippen MR) is 71.8 cm³/mol. The molecule has 0 saturated carbocycles. The summed E-state index contributed by atoms with van der Waals surface area (Å²) < 4.78 is 31.9. The van der Waals surface area contributed by atoms with Gasteiger partial charge in [0.15, 0.2) is 11.6 Å². The lowest BCUT2D eigenvalue weighted by Gasteiger charge is -2.12. The molecule has 6 heteroatoms. The van der Waals surface area contributed by atoms with Gasteiger partial charge in [-0.3, -0.25) is 0 Å². The zero-order valence-electron chi connectivity index (χ0n) is 11.3. The molecule has 0 radical (unpaired) electrons. The molecule has 2 rings (SSSR count).